The third kappa shape index (κ3) is 2.86. The topological polar surface area (TPSA) is 52.3 Å². The SMILES string of the molecule is CCOC(=O)Cc1cccc2c1CCC(N)C2. The van der Waals surface area contributed by atoms with E-state index in [0.29, 0.717) is 13.0 Å². The molecule has 0 saturated carbocycles. The van der Waals surface area contributed by atoms with Crippen molar-refractivity contribution in [3.05, 3.63) is 34.9 Å². The van der Waals surface area contributed by atoms with Crippen molar-refractivity contribution in [1.82, 2.24) is 0 Å². The van der Waals surface area contributed by atoms with Gasteiger partial charge in [-0.25, -0.2) is 0 Å². The molecule has 0 aromatic heterocycles. The van der Waals surface area contributed by atoms with Crippen LogP contribution in [-0.2, 0) is 28.8 Å². The van der Waals surface area contributed by atoms with E-state index in [9.17, 15) is 4.79 Å². The van der Waals surface area contributed by atoms with E-state index in [-0.39, 0.29) is 12.0 Å². The third-order valence-electron chi connectivity index (χ3n) is 3.26. The van der Waals surface area contributed by atoms with Crippen LogP contribution in [0.1, 0.15) is 30.0 Å². The minimum atomic E-state index is -0.143. The first-order valence-corrected chi connectivity index (χ1v) is 6.21. The fourth-order valence-corrected chi connectivity index (χ4v) is 2.45. The Morgan fingerprint density at radius 3 is 3.12 bits per heavy atom. The molecule has 3 heteroatoms. The second-order valence-electron chi connectivity index (χ2n) is 4.54. The lowest BCUT2D eigenvalue weighted by Gasteiger charge is -2.23. The van der Waals surface area contributed by atoms with Gasteiger partial charge in [0.2, 0.25) is 0 Å². The molecular formula is C14H19NO2. The van der Waals surface area contributed by atoms with Crippen LogP contribution in [0, 0.1) is 0 Å². The van der Waals surface area contributed by atoms with E-state index in [4.69, 9.17) is 10.5 Å². The summed E-state index contributed by atoms with van der Waals surface area (Å²) in [7, 11) is 0. The Kier molecular flexibility index (Phi) is 3.79. The van der Waals surface area contributed by atoms with E-state index in [1.807, 2.05) is 19.1 Å². The van der Waals surface area contributed by atoms with Gasteiger partial charge in [0, 0.05) is 6.04 Å². The van der Waals surface area contributed by atoms with Crippen LogP contribution in [0.2, 0.25) is 0 Å². The molecule has 2 N–H and O–H groups in total. The van der Waals surface area contributed by atoms with E-state index in [1.54, 1.807) is 0 Å². The molecule has 17 heavy (non-hydrogen) atoms. The zero-order valence-corrected chi connectivity index (χ0v) is 10.2. The zero-order valence-electron chi connectivity index (χ0n) is 10.2. The number of fused-ring (bicyclic) bond motifs is 1. The maximum Gasteiger partial charge on any atom is 0.310 e. The van der Waals surface area contributed by atoms with E-state index < -0.39 is 0 Å². The van der Waals surface area contributed by atoms with Crippen molar-refractivity contribution in [3.63, 3.8) is 0 Å². The van der Waals surface area contributed by atoms with E-state index in [1.165, 1.54) is 11.1 Å². The number of ether oxygens (including phenoxy) is 1. The minimum absolute atomic E-state index is 0.143. The molecule has 0 bridgehead atoms. The molecule has 1 aliphatic carbocycles. The number of carbonyl (C=O) groups excluding carboxylic acids is 1. The smallest absolute Gasteiger partial charge is 0.310 e. The maximum absolute atomic E-state index is 11.5. The van der Waals surface area contributed by atoms with Gasteiger partial charge in [0.1, 0.15) is 0 Å². The van der Waals surface area contributed by atoms with E-state index >= 15 is 0 Å². The van der Waals surface area contributed by atoms with Crippen LogP contribution in [0.3, 0.4) is 0 Å². The van der Waals surface area contributed by atoms with Gasteiger partial charge in [-0.05, 0) is 42.9 Å². The minimum Gasteiger partial charge on any atom is -0.466 e. The van der Waals surface area contributed by atoms with Gasteiger partial charge in [0.25, 0.3) is 0 Å². The molecule has 1 atom stereocenters. The Bertz CT molecular complexity index is 415. The highest BCUT2D eigenvalue weighted by molar-refractivity contribution is 5.73. The Labute approximate surface area is 102 Å². The summed E-state index contributed by atoms with van der Waals surface area (Å²) < 4.78 is 4.99. The quantitative estimate of drug-likeness (QED) is 0.807. The molecule has 0 radical (unpaired) electrons. The Morgan fingerprint density at radius 2 is 2.35 bits per heavy atom. The van der Waals surface area contributed by atoms with Crippen molar-refractivity contribution in [1.29, 1.82) is 0 Å². The molecular weight excluding hydrogens is 214 g/mol. The summed E-state index contributed by atoms with van der Waals surface area (Å²) in [5.74, 6) is -0.143. The van der Waals surface area contributed by atoms with Gasteiger partial charge in [-0.15, -0.1) is 0 Å². The van der Waals surface area contributed by atoms with Gasteiger partial charge in [-0.1, -0.05) is 18.2 Å². The van der Waals surface area contributed by atoms with Gasteiger partial charge in [0.05, 0.1) is 13.0 Å². The molecule has 2 rings (SSSR count). The highest BCUT2D eigenvalue weighted by Gasteiger charge is 2.19. The number of hydrogen-bond acceptors (Lipinski definition) is 3. The first-order chi connectivity index (χ1) is 8.20. The van der Waals surface area contributed by atoms with Crippen LogP contribution in [0.15, 0.2) is 18.2 Å². The van der Waals surface area contributed by atoms with E-state index in [0.717, 1.165) is 24.8 Å². The summed E-state index contributed by atoms with van der Waals surface area (Å²) in [6.45, 7) is 2.27. The predicted octanol–water partition coefficient (Wildman–Crippen LogP) is 1.61. The number of rotatable bonds is 3. The van der Waals surface area contributed by atoms with Crippen molar-refractivity contribution < 1.29 is 9.53 Å². The largest absolute Gasteiger partial charge is 0.466 e. The third-order valence-corrected chi connectivity index (χ3v) is 3.26. The van der Waals surface area contributed by atoms with Gasteiger partial charge < -0.3 is 10.5 Å². The molecule has 0 amide bonds. The fraction of sp³-hybridized carbons (Fsp3) is 0.500. The summed E-state index contributed by atoms with van der Waals surface area (Å²) >= 11 is 0. The van der Waals surface area contributed by atoms with Gasteiger partial charge in [-0.2, -0.15) is 0 Å². The summed E-state index contributed by atoms with van der Waals surface area (Å²) in [6, 6.07) is 6.40. The van der Waals surface area contributed by atoms with Crippen LogP contribution in [0.5, 0.6) is 0 Å². The van der Waals surface area contributed by atoms with Crippen molar-refractivity contribution in [2.24, 2.45) is 5.73 Å². The molecule has 1 aromatic carbocycles. The molecule has 0 heterocycles. The molecule has 0 fully saturated rings. The van der Waals surface area contributed by atoms with Crippen LogP contribution < -0.4 is 5.73 Å². The Morgan fingerprint density at radius 1 is 1.53 bits per heavy atom. The Balaban J connectivity index is 2.18. The van der Waals surface area contributed by atoms with E-state index in [2.05, 4.69) is 6.07 Å². The molecule has 1 aromatic rings. The van der Waals surface area contributed by atoms with Crippen LogP contribution in [-0.4, -0.2) is 18.6 Å². The maximum atomic E-state index is 11.5. The molecule has 0 aliphatic heterocycles. The molecule has 1 unspecified atom stereocenters. The van der Waals surface area contributed by atoms with Gasteiger partial charge in [-0.3, -0.25) is 4.79 Å². The first kappa shape index (κ1) is 12.1. The van der Waals surface area contributed by atoms with Crippen molar-refractivity contribution in [2.45, 2.75) is 38.6 Å². The second-order valence-corrected chi connectivity index (χ2v) is 4.54. The summed E-state index contributed by atoms with van der Waals surface area (Å²) in [4.78, 5) is 11.5. The number of benzene rings is 1. The van der Waals surface area contributed by atoms with Crippen LogP contribution in [0.25, 0.3) is 0 Å². The predicted molar refractivity (Wildman–Crippen MR) is 66.8 cm³/mol. The first-order valence-electron chi connectivity index (χ1n) is 6.21. The highest BCUT2D eigenvalue weighted by atomic mass is 16.5. The monoisotopic (exact) mass is 233 g/mol. The molecule has 0 spiro atoms. The molecule has 92 valence electrons. The van der Waals surface area contributed by atoms with Crippen molar-refractivity contribution in [2.75, 3.05) is 6.61 Å². The molecule has 3 nitrogen and oxygen atoms in total. The summed E-state index contributed by atoms with van der Waals surface area (Å²) in [5.41, 5.74) is 9.67. The van der Waals surface area contributed by atoms with Gasteiger partial charge in [0.15, 0.2) is 0 Å². The van der Waals surface area contributed by atoms with Crippen LogP contribution in [0.4, 0.5) is 0 Å². The number of carbonyl (C=O) groups is 1. The fourth-order valence-electron chi connectivity index (χ4n) is 2.45. The van der Waals surface area contributed by atoms with Crippen LogP contribution >= 0.6 is 0 Å². The lowest BCUT2D eigenvalue weighted by molar-refractivity contribution is -0.142. The number of nitrogens with two attached hydrogens (primary N) is 1. The highest BCUT2D eigenvalue weighted by Crippen LogP contribution is 2.24. The lowest BCUT2D eigenvalue weighted by Crippen LogP contribution is -2.28. The molecule has 0 saturated heterocycles. The number of esters is 1. The Hall–Kier alpha value is -1.35. The standard InChI is InChI=1S/C14H19NO2/c1-2-17-14(16)9-11-5-3-4-10-8-12(15)6-7-13(10)11/h3-5,12H,2,6-9,15H2,1H3. The summed E-state index contributed by atoms with van der Waals surface area (Å²) in [6.07, 6.45) is 3.29. The average Bonchev–Trinajstić information content (AvgIpc) is 2.29. The normalized spacial score (nSPS) is 18.6. The second kappa shape index (κ2) is 5.32. The summed E-state index contributed by atoms with van der Waals surface area (Å²) in [5, 5.41) is 0. The van der Waals surface area contributed by atoms with Crippen molar-refractivity contribution in [3.8, 4) is 0 Å². The zero-order chi connectivity index (χ0) is 12.3. The van der Waals surface area contributed by atoms with Gasteiger partial charge >= 0.3 is 5.97 Å². The lowest BCUT2D eigenvalue weighted by atomic mass is 9.85. The van der Waals surface area contributed by atoms with Crippen molar-refractivity contribution >= 4 is 5.97 Å². The number of hydrogen-bond donors (Lipinski definition) is 1. The average molecular weight is 233 g/mol. The molecule has 1 aliphatic rings.